The lowest BCUT2D eigenvalue weighted by Crippen LogP contribution is -2.36. The van der Waals surface area contributed by atoms with Crippen LogP contribution in [0.3, 0.4) is 0 Å². The van der Waals surface area contributed by atoms with Gasteiger partial charge in [0.05, 0.1) is 17.3 Å². The number of rotatable bonds is 5. The predicted molar refractivity (Wildman–Crippen MR) is 98.4 cm³/mol. The van der Waals surface area contributed by atoms with Gasteiger partial charge in [0, 0.05) is 31.0 Å². The lowest BCUT2D eigenvalue weighted by molar-refractivity contribution is 0.122. The maximum Gasteiger partial charge on any atom is 0.0642 e. The summed E-state index contributed by atoms with van der Waals surface area (Å²) in [6.45, 7) is 10.8. The highest BCUT2D eigenvalue weighted by molar-refractivity contribution is 8.00. The molecule has 1 aromatic rings. The Morgan fingerprint density at radius 1 is 1.19 bits per heavy atom. The molecule has 0 amide bonds. The Bertz CT molecular complexity index is 457. The molecule has 3 nitrogen and oxygen atoms in total. The molecule has 1 saturated heterocycles. The fourth-order valence-corrected chi connectivity index (χ4v) is 2.87. The predicted octanol–water partition coefficient (Wildman–Crippen LogP) is 3.52. The summed E-state index contributed by atoms with van der Waals surface area (Å²) < 4.78 is 5.19. The van der Waals surface area contributed by atoms with Crippen LogP contribution in [0.4, 0.5) is 11.4 Å². The Morgan fingerprint density at radius 3 is 2.29 bits per heavy atom. The van der Waals surface area contributed by atoms with Crippen LogP contribution in [0.5, 0.6) is 0 Å². The number of aryl methyl sites for hydroxylation is 2. The van der Waals surface area contributed by atoms with Crippen molar-refractivity contribution in [3.63, 3.8) is 0 Å². The molecule has 21 heavy (non-hydrogen) atoms. The van der Waals surface area contributed by atoms with Crippen LogP contribution in [0.15, 0.2) is 12.1 Å². The number of anilines is 2. The first-order valence-corrected chi connectivity index (χ1v) is 8.39. The van der Waals surface area contributed by atoms with Gasteiger partial charge in [-0.3, -0.25) is 0 Å². The van der Waals surface area contributed by atoms with Crippen molar-refractivity contribution in [2.24, 2.45) is 0 Å². The summed E-state index contributed by atoms with van der Waals surface area (Å²) in [4.78, 5) is 2.39. The van der Waals surface area contributed by atoms with Crippen molar-refractivity contribution < 1.29 is 4.74 Å². The number of thiol groups is 2. The maximum absolute atomic E-state index is 5.42. The van der Waals surface area contributed by atoms with Gasteiger partial charge in [-0.15, -0.1) is 0 Å². The van der Waals surface area contributed by atoms with Crippen LogP contribution in [0, 0.1) is 13.8 Å². The van der Waals surface area contributed by atoms with E-state index in [9.17, 15) is 0 Å². The van der Waals surface area contributed by atoms with Gasteiger partial charge in [-0.05, 0) is 50.5 Å². The fraction of sp³-hybridized carbons (Fsp3) is 0.625. The second-order valence-electron chi connectivity index (χ2n) is 5.95. The average Bonchev–Trinajstić information content (AvgIpc) is 2.41. The average molecular weight is 327 g/mol. The van der Waals surface area contributed by atoms with E-state index in [2.05, 4.69) is 61.5 Å². The van der Waals surface area contributed by atoms with Crippen LogP contribution in [-0.4, -0.2) is 36.9 Å². The molecule has 5 heteroatoms. The van der Waals surface area contributed by atoms with Crippen molar-refractivity contribution in [2.45, 2.75) is 31.3 Å². The van der Waals surface area contributed by atoms with Gasteiger partial charge in [0.25, 0.3) is 0 Å². The summed E-state index contributed by atoms with van der Waals surface area (Å²) >= 11 is 8.89. The van der Waals surface area contributed by atoms with Gasteiger partial charge in [-0.25, -0.2) is 0 Å². The Kier molecular flexibility index (Phi) is 5.74. The van der Waals surface area contributed by atoms with Gasteiger partial charge in [0.15, 0.2) is 0 Å². The van der Waals surface area contributed by atoms with E-state index in [1.54, 1.807) is 0 Å². The quantitative estimate of drug-likeness (QED) is 0.570. The van der Waals surface area contributed by atoms with E-state index in [0.29, 0.717) is 0 Å². The zero-order valence-corrected chi connectivity index (χ0v) is 14.9. The van der Waals surface area contributed by atoms with Gasteiger partial charge in [0.2, 0.25) is 0 Å². The number of benzene rings is 1. The van der Waals surface area contributed by atoms with Crippen molar-refractivity contribution in [3.8, 4) is 0 Å². The minimum absolute atomic E-state index is 0.234. The number of nitrogens with zero attached hydrogens (tertiary/aromatic N) is 1. The van der Waals surface area contributed by atoms with E-state index in [4.69, 9.17) is 4.74 Å². The number of hydrogen-bond acceptors (Lipinski definition) is 5. The highest BCUT2D eigenvalue weighted by Crippen LogP contribution is 2.29. The largest absolute Gasteiger partial charge is 0.385 e. The molecule has 0 spiro atoms. The normalized spacial score (nSPS) is 16.1. The molecule has 1 aromatic carbocycles. The highest BCUT2D eigenvalue weighted by atomic mass is 32.2. The number of ether oxygens (including phenoxy) is 1. The van der Waals surface area contributed by atoms with Crippen molar-refractivity contribution >= 4 is 36.6 Å². The lowest BCUT2D eigenvalue weighted by atomic mass is 10.1. The fourth-order valence-electron chi connectivity index (χ4n) is 2.65. The lowest BCUT2D eigenvalue weighted by Gasteiger charge is -2.30. The van der Waals surface area contributed by atoms with Crippen molar-refractivity contribution in [1.82, 2.24) is 0 Å². The van der Waals surface area contributed by atoms with E-state index in [1.165, 1.54) is 22.5 Å². The van der Waals surface area contributed by atoms with Crippen LogP contribution in [0.1, 0.15) is 24.5 Å². The Labute approximate surface area is 139 Å². The number of nitrogens with one attached hydrogen (secondary N) is 1. The van der Waals surface area contributed by atoms with Crippen molar-refractivity contribution in [3.05, 3.63) is 23.3 Å². The van der Waals surface area contributed by atoms with E-state index >= 15 is 0 Å². The summed E-state index contributed by atoms with van der Waals surface area (Å²) in [5.74, 6) is 0. The Hall–Kier alpha value is -0.520. The van der Waals surface area contributed by atoms with Crippen molar-refractivity contribution in [1.29, 1.82) is 0 Å². The Morgan fingerprint density at radius 2 is 1.76 bits per heavy atom. The molecule has 0 aliphatic carbocycles. The molecule has 0 unspecified atom stereocenters. The minimum Gasteiger partial charge on any atom is -0.385 e. The molecule has 118 valence electrons. The summed E-state index contributed by atoms with van der Waals surface area (Å²) in [5, 5.41) is 3.53. The molecule has 1 aliphatic heterocycles. The van der Waals surface area contributed by atoms with E-state index in [0.717, 1.165) is 39.3 Å². The molecular formula is C16H26N2OS2. The van der Waals surface area contributed by atoms with Gasteiger partial charge in [0.1, 0.15) is 0 Å². The topological polar surface area (TPSA) is 24.5 Å². The molecular weight excluding hydrogens is 300 g/mol. The van der Waals surface area contributed by atoms with Gasteiger partial charge in [-0.1, -0.05) is 0 Å². The summed E-state index contributed by atoms with van der Waals surface area (Å²) in [5.41, 5.74) is 5.11. The molecule has 0 bridgehead atoms. The first-order chi connectivity index (χ1) is 9.87. The molecule has 0 aromatic heterocycles. The third-order valence-electron chi connectivity index (χ3n) is 3.79. The summed E-state index contributed by atoms with van der Waals surface area (Å²) in [6.07, 6.45) is 0.906. The SMILES string of the molecule is Cc1cc(N2CCOCC2)cc(C)c1NCCC(C)(S)S. The smallest absolute Gasteiger partial charge is 0.0642 e. The Balaban J connectivity index is 2.06. The molecule has 0 radical (unpaired) electrons. The molecule has 0 saturated carbocycles. The molecule has 1 N–H and O–H groups in total. The number of morpholine rings is 1. The van der Waals surface area contributed by atoms with Crippen LogP contribution in [0.2, 0.25) is 0 Å². The van der Waals surface area contributed by atoms with Gasteiger partial charge < -0.3 is 15.0 Å². The second kappa shape index (κ2) is 7.16. The second-order valence-corrected chi connectivity index (χ2v) is 8.27. The third-order valence-corrected chi connectivity index (χ3v) is 4.24. The van der Waals surface area contributed by atoms with Crippen LogP contribution in [0.25, 0.3) is 0 Å². The zero-order chi connectivity index (χ0) is 15.5. The third kappa shape index (κ3) is 5.01. The minimum atomic E-state index is -0.234. The molecule has 1 aliphatic rings. The first-order valence-electron chi connectivity index (χ1n) is 7.49. The van der Waals surface area contributed by atoms with Gasteiger partial charge in [-0.2, -0.15) is 25.3 Å². The van der Waals surface area contributed by atoms with Crippen LogP contribution >= 0.6 is 25.3 Å². The van der Waals surface area contributed by atoms with Crippen LogP contribution in [-0.2, 0) is 4.74 Å². The van der Waals surface area contributed by atoms with E-state index in [1.807, 2.05) is 6.92 Å². The first kappa shape index (κ1) is 16.8. The zero-order valence-electron chi connectivity index (χ0n) is 13.1. The van der Waals surface area contributed by atoms with E-state index < -0.39 is 0 Å². The van der Waals surface area contributed by atoms with Gasteiger partial charge >= 0.3 is 0 Å². The summed E-state index contributed by atoms with van der Waals surface area (Å²) in [7, 11) is 0. The standard InChI is InChI=1S/C16H26N2OS2/c1-12-10-14(18-6-8-19-9-7-18)11-13(2)15(12)17-5-4-16(3,20)21/h10-11,17,20-21H,4-9H2,1-3H3. The van der Waals surface area contributed by atoms with Crippen LogP contribution < -0.4 is 10.2 Å². The van der Waals surface area contributed by atoms with E-state index in [-0.39, 0.29) is 4.08 Å². The molecule has 1 heterocycles. The number of hydrogen-bond donors (Lipinski definition) is 3. The highest BCUT2D eigenvalue weighted by Gasteiger charge is 2.15. The molecule has 2 rings (SSSR count). The summed E-state index contributed by atoms with van der Waals surface area (Å²) in [6, 6.07) is 4.53. The monoisotopic (exact) mass is 326 g/mol. The molecule has 1 fully saturated rings. The van der Waals surface area contributed by atoms with Crippen molar-refractivity contribution in [2.75, 3.05) is 43.1 Å². The maximum atomic E-state index is 5.42. The molecule has 0 atom stereocenters.